The van der Waals surface area contributed by atoms with Gasteiger partial charge in [0.05, 0.1) is 12.0 Å². The zero-order valence-corrected chi connectivity index (χ0v) is 16.4. The molecule has 0 saturated carbocycles. The number of nitrogens with zero attached hydrogens (tertiary/aromatic N) is 1. The number of hydrogen-bond donors (Lipinski definition) is 2. The molecule has 3 nitrogen and oxygen atoms in total. The Morgan fingerprint density at radius 3 is 2.58 bits per heavy atom. The number of hydrogen-bond acceptors (Lipinski definition) is 4. The highest BCUT2D eigenvalue weighted by Crippen LogP contribution is 2.38. The van der Waals surface area contributed by atoms with Crippen LogP contribution in [-0.2, 0) is 0 Å². The Morgan fingerprint density at radius 1 is 1.12 bits per heavy atom. The van der Waals surface area contributed by atoms with Crippen LogP contribution >= 0.6 is 11.8 Å². The van der Waals surface area contributed by atoms with Gasteiger partial charge in [-0.1, -0.05) is 62.0 Å². The Labute approximate surface area is 161 Å². The van der Waals surface area contributed by atoms with Crippen molar-refractivity contribution in [2.75, 3.05) is 29.9 Å². The zero-order chi connectivity index (χ0) is 18.4. The molecule has 1 atom stereocenters. The maximum atomic E-state index is 9.34. The Morgan fingerprint density at radius 2 is 1.88 bits per heavy atom. The number of benzene rings is 2. The molecule has 1 heterocycles. The Bertz CT molecular complexity index is 702. The molecule has 2 aromatic rings. The molecule has 1 unspecified atom stereocenters. The van der Waals surface area contributed by atoms with Crippen LogP contribution in [0.25, 0.3) is 6.08 Å². The molecule has 0 radical (unpaired) electrons. The lowest BCUT2D eigenvalue weighted by Gasteiger charge is -2.25. The molecule has 26 heavy (non-hydrogen) atoms. The lowest BCUT2D eigenvalue weighted by Crippen LogP contribution is -2.28. The number of aliphatic hydroxyl groups excluding tert-OH is 1. The van der Waals surface area contributed by atoms with Crippen LogP contribution in [0.5, 0.6) is 0 Å². The second-order valence-corrected chi connectivity index (χ2v) is 8.21. The highest BCUT2D eigenvalue weighted by Gasteiger charge is 2.17. The molecule has 0 aromatic heterocycles. The van der Waals surface area contributed by atoms with Crippen molar-refractivity contribution >= 4 is 29.2 Å². The van der Waals surface area contributed by atoms with E-state index in [0.29, 0.717) is 12.5 Å². The van der Waals surface area contributed by atoms with Crippen molar-refractivity contribution < 1.29 is 5.11 Å². The van der Waals surface area contributed by atoms with Gasteiger partial charge in [0.2, 0.25) is 0 Å². The van der Waals surface area contributed by atoms with E-state index in [-0.39, 0.29) is 12.0 Å². The summed E-state index contributed by atoms with van der Waals surface area (Å²) in [6, 6.07) is 17.0. The summed E-state index contributed by atoms with van der Waals surface area (Å²) in [5.74, 6) is 0.666. The topological polar surface area (TPSA) is 35.5 Å². The normalized spacial score (nSPS) is 16.1. The van der Waals surface area contributed by atoms with Gasteiger partial charge >= 0.3 is 0 Å². The van der Waals surface area contributed by atoms with Gasteiger partial charge < -0.3 is 15.3 Å². The summed E-state index contributed by atoms with van der Waals surface area (Å²) in [6.07, 6.45) is 5.52. The first kappa shape index (κ1) is 18.9. The fourth-order valence-corrected chi connectivity index (χ4v) is 4.02. The third-order valence-electron chi connectivity index (χ3n) is 4.51. The Balaban J connectivity index is 1.60. The molecule has 0 fully saturated rings. The fourth-order valence-electron chi connectivity index (χ4n) is 3.00. The molecule has 0 saturated heterocycles. The summed E-state index contributed by atoms with van der Waals surface area (Å²) in [5.41, 5.74) is 3.59. The van der Waals surface area contributed by atoms with E-state index in [4.69, 9.17) is 0 Å². The van der Waals surface area contributed by atoms with Gasteiger partial charge in [0.1, 0.15) is 0 Å². The molecular weight excluding hydrogens is 340 g/mol. The lowest BCUT2D eigenvalue weighted by molar-refractivity contribution is 0.301. The predicted molar refractivity (Wildman–Crippen MR) is 114 cm³/mol. The molecule has 0 amide bonds. The van der Waals surface area contributed by atoms with E-state index in [1.54, 1.807) is 0 Å². The van der Waals surface area contributed by atoms with E-state index in [1.807, 2.05) is 11.8 Å². The van der Waals surface area contributed by atoms with Gasteiger partial charge in [0.25, 0.3) is 0 Å². The predicted octanol–water partition coefficient (Wildman–Crippen LogP) is 5.09. The molecule has 1 aliphatic heterocycles. The second-order valence-electron chi connectivity index (χ2n) is 7.02. The molecular formula is C22H28N2OS. The van der Waals surface area contributed by atoms with Crippen LogP contribution in [0.1, 0.15) is 25.8 Å². The molecule has 0 spiro atoms. The lowest BCUT2D eigenvalue weighted by atomic mass is 10.1. The summed E-state index contributed by atoms with van der Waals surface area (Å²) in [5, 5.41) is 13.1. The Hall–Kier alpha value is -1.91. The maximum absolute atomic E-state index is 9.34. The van der Waals surface area contributed by atoms with Crippen LogP contribution < -0.4 is 10.2 Å². The molecule has 2 aromatic carbocycles. The molecule has 1 aliphatic rings. The number of rotatable bonds is 8. The van der Waals surface area contributed by atoms with Gasteiger partial charge in [-0.25, -0.2) is 0 Å². The summed E-state index contributed by atoms with van der Waals surface area (Å²) in [4.78, 5) is 3.57. The van der Waals surface area contributed by atoms with Crippen LogP contribution in [0, 0.1) is 5.92 Å². The van der Waals surface area contributed by atoms with Crippen LogP contribution in [0.2, 0.25) is 0 Å². The third kappa shape index (κ3) is 5.05. The summed E-state index contributed by atoms with van der Waals surface area (Å²) < 4.78 is 0. The van der Waals surface area contributed by atoms with Crippen molar-refractivity contribution in [1.29, 1.82) is 0 Å². The first-order valence-corrected chi connectivity index (χ1v) is 10.2. The average Bonchev–Trinajstić information content (AvgIpc) is 3.07. The molecule has 4 heteroatoms. The standard InChI is InChI=1S/C22H28N2OS/c1-17(2)13-14-24(15-16-25)19-10-7-18(8-11-19)9-12-22-23-20-5-3-4-6-21(20)26-22/h3-12,17,22-23,25H,13-16H2,1-2H3/b12-9+. The van der Waals surface area contributed by atoms with Crippen LogP contribution in [0.15, 0.2) is 59.5 Å². The fraction of sp³-hybridized carbons (Fsp3) is 0.364. The minimum Gasteiger partial charge on any atom is -0.395 e. The van der Waals surface area contributed by atoms with E-state index >= 15 is 0 Å². The second kappa shape index (κ2) is 9.15. The first-order valence-electron chi connectivity index (χ1n) is 9.32. The summed E-state index contributed by atoms with van der Waals surface area (Å²) >= 11 is 1.85. The van der Waals surface area contributed by atoms with Crippen molar-refractivity contribution in [1.82, 2.24) is 0 Å². The van der Waals surface area contributed by atoms with Gasteiger partial charge in [-0.15, -0.1) is 0 Å². The van der Waals surface area contributed by atoms with Gasteiger partial charge in [-0.2, -0.15) is 0 Å². The highest BCUT2D eigenvalue weighted by atomic mass is 32.2. The molecule has 0 aliphatic carbocycles. The molecule has 0 bridgehead atoms. The van der Waals surface area contributed by atoms with Crippen molar-refractivity contribution in [3.63, 3.8) is 0 Å². The number of para-hydroxylation sites is 1. The van der Waals surface area contributed by atoms with Gasteiger partial charge in [-0.05, 0) is 42.2 Å². The van der Waals surface area contributed by atoms with Crippen molar-refractivity contribution in [3.05, 3.63) is 60.2 Å². The molecule has 3 rings (SSSR count). The maximum Gasteiger partial charge on any atom is 0.0960 e. The number of nitrogens with one attached hydrogen (secondary N) is 1. The smallest absolute Gasteiger partial charge is 0.0960 e. The molecule has 2 N–H and O–H groups in total. The van der Waals surface area contributed by atoms with Crippen LogP contribution in [0.3, 0.4) is 0 Å². The molecule has 138 valence electrons. The SMILES string of the molecule is CC(C)CCN(CCO)c1ccc(/C=C/C2Nc3ccccc3S2)cc1. The number of aliphatic hydroxyl groups is 1. The van der Waals surface area contributed by atoms with Gasteiger partial charge in [0.15, 0.2) is 0 Å². The zero-order valence-electron chi connectivity index (χ0n) is 15.6. The number of anilines is 2. The van der Waals surface area contributed by atoms with Crippen LogP contribution in [-0.4, -0.2) is 30.2 Å². The van der Waals surface area contributed by atoms with Crippen molar-refractivity contribution in [2.24, 2.45) is 5.92 Å². The third-order valence-corrected chi connectivity index (χ3v) is 5.65. The number of fused-ring (bicyclic) bond motifs is 1. The number of thioether (sulfide) groups is 1. The van der Waals surface area contributed by atoms with E-state index in [9.17, 15) is 5.11 Å². The summed E-state index contributed by atoms with van der Waals surface area (Å²) in [7, 11) is 0. The largest absolute Gasteiger partial charge is 0.395 e. The minimum atomic E-state index is 0.185. The van der Waals surface area contributed by atoms with Gasteiger partial charge in [0, 0.05) is 29.4 Å². The summed E-state index contributed by atoms with van der Waals surface area (Å²) in [6.45, 7) is 6.32. The van der Waals surface area contributed by atoms with Crippen molar-refractivity contribution in [3.8, 4) is 0 Å². The van der Waals surface area contributed by atoms with Gasteiger partial charge in [-0.3, -0.25) is 0 Å². The average molecular weight is 369 g/mol. The minimum absolute atomic E-state index is 0.185. The first-order chi connectivity index (χ1) is 12.7. The van der Waals surface area contributed by atoms with E-state index < -0.39 is 0 Å². The van der Waals surface area contributed by atoms with Crippen LogP contribution in [0.4, 0.5) is 11.4 Å². The van der Waals surface area contributed by atoms with E-state index in [2.05, 4.69) is 84.7 Å². The van der Waals surface area contributed by atoms with E-state index in [0.717, 1.165) is 13.0 Å². The Kier molecular flexibility index (Phi) is 6.64. The highest BCUT2D eigenvalue weighted by molar-refractivity contribution is 8.00. The van der Waals surface area contributed by atoms with Crippen molar-refractivity contribution in [2.45, 2.75) is 30.5 Å². The quantitative estimate of drug-likeness (QED) is 0.680. The van der Waals surface area contributed by atoms with E-state index in [1.165, 1.54) is 21.8 Å². The monoisotopic (exact) mass is 368 g/mol.